The van der Waals surface area contributed by atoms with Crippen molar-refractivity contribution in [1.82, 2.24) is 14.8 Å². The van der Waals surface area contributed by atoms with Gasteiger partial charge in [0.05, 0.1) is 5.88 Å². The standard InChI is InChI=1S/C13H18ClN3/c14-7-11-15-16-13(17(11)8-5-6-8)12-9-3-1-2-4-10(9)12/h8-10,12H,1-7H2. The van der Waals surface area contributed by atoms with Crippen LogP contribution in [0.15, 0.2) is 0 Å². The van der Waals surface area contributed by atoms with Crippen molar-refractivity contribution in [1.29, 1.82) is 0 Å². The van der Waals surface area contributed by atoms with Crippen LogP contribution < -0.4 is 0 Å². The lowest BCUT2D eigenvalue weighted by molar-refractivity contribution is 0.480. The maximum atomic E-state index is 5.97. The van der Waals surface area contributed by atoms with Crippen LogP contribution in [0.1, 0.15) is 62.1 Å². The Balaban J connectivity index is 1.67. The highest BCUT2D eigenvalue weighted by Crippen LogP contribution is 2.61. The summed E-state index contributed by atoms with van der Waals surface area (Å²) in [6, 6.07) is 0.663. The van der Waals surface area contributed by atoms with Crippen LogP contribution in [-0.2, 0) is 5.88 Å². The molecule has 4 heteroatoms. The molecule has 0 amide bonds. The fraction of sp³-hybridized carbons (Fsp3) is 0.846. The number of halogens is 1. The molecule has 1 aromatic heterocycles. The molecule has 0 saturated heterocycles. The normalized spacial score (nSPS) is 35.7. The zero-order valence-electron chi connectivity index (χ0n) is 9.98. The molecule has 0 aromatic carbocycles. The van der Waals surface area contributed by atoms with Crippen LogP contribution in [0.25, 0.3) is 0 Å². The Hall–Kier alpha value is -0.570. The van der Waals surface area contributed by atoms with Crippen molar-refractivity contribution in [2.75, 3.05) is 0 Å². The van der Waals surface area contributed by atoms with E-state index in [1.807, 2.05) is 0 Å². The summed E-state index contributed by atoms with van der Waals surface area (Å²) in [7, 11) is 0. The summed E-state index contributed by atoms with van der Waals surface area (Å²) in [6.07, 6.45) is 8.22. The highest BCUT2D eigenvalue weighted by atomic mass is 35.5. The lowest BCUT2D eigenvalue weighted by Crippen LogP contribution is -2.04. The minimum Gasteiger partial charge on any atom is -0.311 e. The van der Waals surface area contributed by atoms with E-state index in [0.29, 0.717) is 17.8 Å². The van der Waals surface area contributed by atoms with Crippen molar-refractivity contribution in [3.63, 3.8) is 0 Å². The Bertz CT molecular complexity index is 426. The molecular formula is C13H18ClN3. The average molecular weight is 252 g/mol. The largest absolute Gasteiger partial charge is 0.311 e. The van der Waals surface area contributed by atoms with Gasteiger partial charge < -0.3 is 4.57 Å². The summed E-state index contributed by atoms with van der Waals surface area (Å²) in [4.78, 5) is 0. The van der Waals surface area contributed by atoms with Crippen LogP contribution in [0.2, 0.25) is 0 Å². The number of aromatic nitrogens is 3. The number of hydrogen-bond acceptors (Lipinski definition) is 2. The Morgan fingerprint density at radius 1 is 1.06 bits per heavy atom. The fourth-order valence-electron chi connectivity index (χ4n) is 3.76. The maximum absolute atomic E-state index is 5.97. The number of alkyl halides is 1. The number of rotatable bonds is 3. The molecule has 1 aromatic rings. The lowest BCUT2D eigenvalue weighted by atomic mass is 10.0. The second-order valence-electron chi connectivity index (χ2n) is 5.85. The van der Waals surface area contributed by atoms with Crippen LogP contribution in [0.5, 0.6) is 0 Å². The van der Waals surface area contributed by atoms with Gasteiger partial charge in [-0.15, -0.1) is 21.8 Å². The monoisotopic (exact) mass is 251 g/mol. The maximum Gasteiger partial charge on any atom is 0.148 e. The van der Waals surface area contributed by atoms with E-state index in [4.69, 9.17) is 11.6 Å². The fourth-order valence-corrected chi connectivity index (χ4v) is 3.94. The Morgan fingerprint density at radius 3 is 2.35 bits per heavy atom. The van der Waals surface area contributed by atoms with Crippen molar-refractivity contribution >= 4 is 11.6 Å². The Kier molecular flexibility index (Phi) is 2.26. The van der Waals surface area contributed by atoms with Crippen LogP contribution in [0.4, 0.5) is 0 Å². The minimum atomic E-state index is 0.506. The van der Waals surface area contributed by atoms with Gasteiger partial charge in [0.1, 0.15) is 11.6 Å². The zero-order valence-corrected chi connectivity index (χ0v) is 10.7. The predicted octanol–water partition coefficient (Wildman–Crippen LogP) is 3.26. The number of hydrogen-bond donors (Lipinski definition) is 0. The minimum absolute atomic E-state index is 0.506. The Labute approximate surface area is 107 Å². The summed E-state index contributed by atoms with van der Waals surface area (Å²) >= 11 is 5.97. The van der Waals surface area contributed by atoms with Crippen LogP contribution >= 0.6 is 11.6 Å². The van der Waals surface area contributed by atoms with E-state index < -0.39 is 0 Å². The number of fused-ring (bicyclic) bond motifs is 1. The first-order valence-corrected chi connectivity index (χ1v) is 7.43. The van der Waals surface area contributed by atoms with Gasteiger partial charge in [-0.05, 0) is 37.5 Å². The van der Waals surface area contributed by atoms with Gasteiger partial charge in [0.2, 0.25) is 0 Å². The van der Waals surface area contributed by atoms with Gasteiger partial charge in [0, 0.05) is 12.0 Å². The van der Waals surface area contributed by atoms with Gasteiger partial charge in [0.15, 0.2) is 0 Å². The Morgan fingerprint density at radius 2 is 1.76 bits per heavy atom. The van der Waals surface area contributed by atoms with Crippen molar-refractivity contribution in [2.24, 2.45) is 11.8 Å². The molecule has 3 aliphatic carbocycles. The van der Waals surface area contributed by atoms with Crippen LogP contribution in [0, 0.1) is 11.8 Å². The van der Waals surface area contributed by atoms with E-state index in [-0.39, 0.29) is 0 Å². The molecule has 3 saturated carbocycles. The molecule has 17 heavy (non-hydrogen) atoms. The second kappa shape index (κ2) is 3.71. The van der Waals surface area contributed by atoms with Gasteiger partial charge in [-0.2, -0.15) is 0 Å². The van der Waals surface area contributed by atoms with E-state index in [2.05, 4.69) is 14.8 Å². The highest BCUT2D eigenvalue weighted by Gasteiger charge is 2.54. The first kappa shape index (κ1) is 10.4. The topological polar surface area (TPSA) is 30.7 Å². The van der Waals surface area contributed by atoms with E-state index >= 15 is 0 Å². The first-order valence-electron chi connectivity index (χ1n) is 6.90. The van der Waals surface area contributed by atoms with Gasteiger partial charge >= 0.3 is 0 Å². The summed E-state index contributed by atoms with van der Waals surface area (Å²) in [5, 5.41) is 8.76. The van der Waals surface area contributed by atoms with E-state index in [0.717, 1.165) is 17.7 Å². The molecule has 3 fully saturated rings. The second-order valence-corrected chi connectivity index (χ2v) is 6.11. The molecule has 0 aliphatic heterocycles. The molecule has 0 radical (unpaired) electrons. The van der Waals surface area contributed by atoms with Crippen molar-refractivity contribution < 1.29 is 0 Å². The highest BCUT2D eigenvalue weighted by molar-refractivity contribution is 6.16. The molecule has 4 rings (SSSR count). The molecule has 3 aliphatic rings. The third-order valence-corrected chi connectivity index (χ3v) is 5.02. The SMILES string of the molecule is ClCc1nnc(C2C3CCCCC32)n1C1CC1. The molecule has 2 atom stereocenters. The zero-order chi connectivity index (χ0) is 11.4. The smallest absolute Gasteiger partial charge is 0.148 e. The van der Waals surface area contributed by atoms with Crippen LogP contribution in [0.3, 0.4) is 0 Å². The molecule has 0 bridgehead atoms. The van der Waals surface area contributed by atoms with E-state index in [9.17, 15) is 0 Å². The summed E-state index contributed by atoms with van der Waals surface area (Å²) in [6.45, 7) is 0. The molecule has 0 spiro atoms. The lowest BCUT2D eigenvalue weighted by Gasteiger charge is -2.06. The average Bonchev–Trinajstić information content (AvgIpc) is 3.27. The van der Waals surface area contributed by atoms with Gasteiger partial charge in [0.25, 0.3) is 0 Å². The van der Waals surface area contributed by atoms with Crippen molar-refractivity contribution in [3.8, 4) is 0 Å². The van der Waals surface area contributed by atoms with Gasteiger partial charge in [-0.3, -0.25) is 0 Å². The van der Waals surface area contributed by atoms with E-state index in [1.54, 1.807) is 0 Å². The summed E-state index contributed by atoms with van der Waals surface area (Å²) in [5.74, 6) is 5.30. The first-order chi connectivity index (χ1) is 8.40. The summed E-state index contributed by atoms with van der Waals surface area (Å²) in [5.41, 5.74) is 0. The van der Waals surface area contributed by atoms with Crippen molar-refractivity contribution in [2.45, 2.75) is 56.4 Å². The third-order valence-electron chi connectivity index (χ3n) is 4.78. The molecule has 1 heterocycles. The molecule has 0 N–H and O–H groups in total. The third kappa shape index (κ3) is 1.55. The van der Waals surface area contributed by atoms with Crippen LogP contribution in [-0.4, -0.2) is 14.8 Å². The molecule has 3 nitrogen and oxygen atoms in total. The molecule has 2 unspecified atom stereocenters. The predicted molar refractivity (Wildman–Crippen MR) is 66.0 cm³/mol. The molecular weight excluding hydrogens is 234 g/mol. The number of nitrogens with zero attached hydrogens (tertiary/aromatic N) is 3. The van der Waals surface area contributed by atoms with Gasteiger partial charge in [-0.1, -0.05) is 12.8 Å². The summed E-state index contributed by atoms with van der Waals surface area (Å²) < 4.78 is 2.37. The quantitative estimate of drug-likeness (QED) is 0.772. The van der Waals surface area contributed by atoms with Crippen molar-refractivity contribution in [3.05, 3.63) is 11.6 Å². The molecule has 92 valence electrons. The van der Waals surface area contributed by atoms with Gasteiger partial charge in [-0.25, -0.2) is 0 Å². The van der Waals surface area contributed by atoms with E-state index in [1.165, 1.54) is 44.3 Å².